The van der Waals surface area contributed by atoms with Gasteiger partial charge in [-0.15, -0.1) is 0 Å². The standard InChI is InChI=1S/C12H18OS2/c1-9-5-10(7-14-3)11(13)12(2,6-9)8-15-4/h5-6H,7-8H2,1-4H3. The molecule has 0 aliphatic heterocycles. The normalized spacial score (nSPS) is 26.3. The highest BCUT2D eigenvalue weighted by molar-refractivity contribution is 7.99. The molecule has 0 amide bonds. The molecule has 0 fully saturated rings. The first-order chi connectivity index (χ1) is 7.03. The van der Waals surface area contributed by atoms with Gasteiger partial charge in [-0.05, 0) is 26.4 Å². The average Bonchev–Trinajstić information content (AvgIpc) is 2.14. The third-order valence-corrected chi connectivity index (χ3v) is 3.99. The highest BCUT2D eigenvalue weighted by atomic mass is 32.2. The molecule has 0 aromatic carbocycles. The van der Waals surface area contributed by atoms with Crippen molar-refractivity contribution >= 4 is 29.3 Å². The van der Waals surface area contributed by atoms with E-state index in [0.717, 1.165) is 17.1 Å². The van der Waals surface area contributed by atoms with Crippen LogP contribution >= 0.6 is 23.5 Å². The Kier molecular flexibility index (Phi) is 4.53. The van der Waals surface area contributed by atoms with Gasteiger partial charge in [0.2, 0.25) is 0 Å². The predicted octanol–water partition coefficient (Wildman–Crippen LogP) is 3.17. The number of hydrogen-bond acceptors (Lipinski definition) is 3. The summed E-state index contributed by atoms with van der Waals surface area (Å²) < 4.78 is 0. The van der Waals surface area contributed by atoms with Gasteiger partial charge in [-0.1, -0.05) is 17.7 Å². The number of carbonyl (C=O) groups is 1. The summed E-state index contributed by atoms with van der Waals surface area (Å²) in [6.07, 6.45) is 8.22. The van der Waals surface area contributed by atoms with Crippen molar-refractivity contribution in [1.29, 1.82) is 0 Å². The van der Waals surface area contributed by atoms with Crippen LogP contribution < -0.4 is 0 Å². The Morgan fingerprint density at radius 2 is 2.00 bits per heavy atom. The lowest BCUT2D eigenvalue weighted by Crippen LogP contribution is -2.33. The van der Waals surface area contributed by atoms with Gasteiger partial charge in [-0.2, -0.15) is 23.5 Å². The summed E-state index contributed by atoms with van der Waals surface area (Å²) in [5.41, 5.74) is 1.90. The van der Waals surface area contributed by atoms with E-state index in [4.69, 9.17) is 0 Å². The minimum Gasteiger partial charge on any atom is -0.294 e. The molecular formula is C12H18OS2. The molecule has 84 valence electrons. The summed E-state index contributed by atoms with van der Waals surface area (Å²) in [5, 5.41) is 0. The van der Waals surface area contributed by atoms with E-state index >= 15 is 0 Å². The monoisotopic (exact) mass is 242 g/mol. The summed E-state index contributed by atoms with van der Waals surface area (Å²) in [7, 11) is 0. The first kappa shape index (κ1) is 12.9. The van der Waals surface area contributed by atoms with E-state index in [9.17, 15) is 4.79 Å². The van der Waals surface area contributed by atoms with Gasteiger partial charge in [0, 0.05) is 17.1 Å². The van der Waals surface area contributed by atoms with Crippen molar-refractivity contribution in [2.75, 3.05) is 24.0 Å². The van der Waals surface area contributed by atoms with Gasteiger partial charge in [0.25, 0.3) is 0 Å². The molecule has 0 saturated heterocycles. The topological polar surface area (TPSA) is 17.1 Å². The van der Waals surface area contributed by atoms with E-state index in [-0.39, 0.29) is 5.41 Å². The fourth-order valence-corrected chi connectivity index (χ4v) is 3.33. The second kappa shape index (κ2) is 5.26. The molecule has 1 aliphatic rings. The Labute approximate surface area is 101 Å². The first-order valence-electron chi connectivity index (χ1n) is 4.96. The average molecular weight is 242 g/mol. The zero-order valence-electron chi connectivity index (χ0n) is 9.79. The molecule has 1 atom stereocenters. The lowest BCUT2D eigenvalue weighted by Gasteiger charge is -2.28. The van der Waals surface area contributed by atoms with Crippen LogP contribution in [0.4, 0.5) is 0 Å². The number of hydrogen-bond donors (Lipinski definition) is 0. The van der Waals surface area contributed by atoms with Gasteiger partial charge in [0.15, 0.2) is 5.78 Å². The van der Waals surface area contributed by atoms with Crippen molar-refractivity contribution in [3.63, 3.8) is 0 Å². The molecule has 15 heavy (non-hydrogen) atoms. The largest absolute Gasteiger partial charge is 0.294 e. The lowest BCUT2D eigenvalue weighted by atomic mass is 9.79. The van der Waals surface area contributed by atoms with Gasteiger partial charge in [0.1, 0.15) is 0 Å². The molecule has 1 nitrogen and oxygen atoms in total. The van der Waals surface area contributed by atoms with Crippen molar-refractivity contribution < 1.29 is 4.79 Å². The SMILES string of the molecule is CSCC1=CC(C)=CC(C)(CSC)C1=O. The summed E-state index contributed by atoms with van der Waals surface area (Å²) in [4.78, 5) is 12.2. The molecule has 3 heteroatoms. The molecule has 0 N–H and O–H groups in total. The number of rotatable bonds is 4. The van der Waals surface area contributed by atoms with Crippen LogP contribution in [-0.2, 0) is 4.79 Å². The first-order valence-corrected chi connectivity index (χ1v) is 7.75. The molecule has 0 spiro atoms. The van der Waals surface area contributed by atoms with Crippen molar-refractivity contribution in [3.8, 4) is 0 Å². The van der Waals surface area contributed by atoms with E-state index in [1.165, 1.54) is 5.57 Å². The van der Waals surface area contributed by atoms with Crippen molar-refractivity contribution in [3.05, 3.63) is 23.3 Å². The molecule has 0 radical (unpaired) electrons. The quantitative estimate of drug-likeness (QED) is 0.754. The predicted molar refractivity (Wildman–Crippen MR) is 71.7 cm³/mol. The molecule has 1 aliphatic carbocycles. The zero-order valence-corrected chi connectivity index (χ0v) is 11.4. The summed E-state index contributed by atoms with van der Waals surface area (Å²) in [5.74, 6) is 2.00. The minimum absolute atomic E-state index is 0.288. The minimum atomic E-state index is -0.288. The Bertz CT molecular complexity index is 318. The van der Waals surface area contributed by atoms with Gasteiger partial charge in [0.05, 0.1) is 5.41 Å². The highest BCUT2D eigenvalue weighted by Crippen LogP contribution is 2.34. The number of allylic oxidation sites excluding steroid dienone is 3. The van der Waals surface area contributed by atoms with Crippen LogP contribution in [0.25, 0.3) is 0 Å². The molecule has 1 unspecified atom stereocenters. The highest BCUT2D eigenvalue weighted by Gasteiger charge is 2.34. The van der Waals surface area contributed by atoms with Crippen LogP contribution in [0.5, 0.6) is 0 Å². The van der Waals surface area contributed by atoms with Crippen LogP contribution in [0.2, 0.25) is 0 Å². The molecule has 1 rings (SSSR count). The van der Waals surface area contributed by atoms with Crippen LogP contribution in [0.3, 0.4) is 0 Å². The van der Waals surface area contributed by atoms with Crippen molar-refractivity contribution in [2.45, 2.75) is 13.8 Å². The van der Waals surface area contributed by atoms with Gasteiger partial charge in [-0.25, -0.2) is 0 Å². The van der Waals surface area contributed by atoms with E-state index in [0.29, 0.717) is 5.78 Å². The number of Topliss-reactive ketones (excluding diaryl/α,β-unsaturated/α-hetero) is 1. The summed E-state index contributed by atoms with van der Waals surface area (Å²) in [6, 6.07) is 0. The van der Waals surface area contributed by atoms with Gasteiger partial charge < -0.3 is 0 Å². The number of carbonyl (C=O) groups excluding carboxylic acids is 1. The fraction of sp³-hybridized carbons (Fsp3) is 0.583. The Balaban J connectivity index is 2.97. The molecular weight excluding hydrogens is 224 g/mol. The van der Waals surface area contributed by atoms with Crippen molar-refractivity contribution in [2.24, 2.45) is 5.41 Å². The van der Waals surface area contributed by atoms with E-state index in [2.05, 4.69) is 13.0 Å². The van der Waals surface area contributed by atoms with Gasteiger partial charge in [-0.3, -0.25) is 4.79 Å². The number of thioether (sulfide) groups is 2. The molecule has 0 aromatic rings. The zero-order chi connectivity index (χ0) is 11.5. The van der Waals surface area contributed by atoms with Gasteiger partial charge >= 0.3 is 0 Å². The molecule has 0 aromatic heterocycles. The second-order valence-corrected chi connectivity index (χ2v) is 5.90. The summed E-state index contributed by atoms with van der Waals surface area (Å²) in [6.45, 7) is 4.12. The second-order valence-electron chi connectivity index (χ2n) is 4.17. The maximum atomic E-state index is 12.2. The Morgan fingerprint density at radius 1 is 1.33 bits per heavy atom. The maximum absolute atomic E-state index is 12.2. The van der Waals surface area contributed by atoms with Crippen molar-refractivity contribution in [1.82, 2.24) is 0 Å². The lowest BCUT2D eigenvalue weighted by molar-refractivity contribution is -0.121. The van der Waals surface area contributed by atoms with E-state index in [1.807, 2.05) is 25.5 Å². The Hall–Kier alpha value is -0.150. The van der Waals surface area contributed by atoms with Crippen LogP contribution in [-0.4, -0.2) is 29.8 Å². The van der Waals surface area contributed by atoms with E-state index < -0.39 is 0 Å². The number of ketones is 1. The molecule has 0 heterocycles. The van der Waals surface area contributed by atoms with E-state index in [1.54, 1.807) is 23.5 Å². The smallest absolute Gasteiger partial charge is 0.170 e. The third kappa shape index (κ3) is 2.91. The fourth-order valence-electron chi connectivity index (χ4n) is 1.99. The summed E-state index contributed by atoms with van der Waals surface area (Å²) >= 11 is 3.44. The third-order valence-electron chi connectivity index (χ3n) is 2.50. The molecule has 0 saturated carbocycles. The Morgan fingerprint density at radius 3 is 2.53 bits per heavy atom. The molecule has 0 bridgehead atoms. The van der Waals surface area contributed by atoms with Crippen LogP contribution in [0.15, 0.2) is 23.3 Å². The maximum Gasteiger partial charge on any atom is 0.170 e. The van der Waals surface area contributed by atoms with Crippen LogP contribution in [0, 0.1) is 5.41 Å². The van der Waals surface area contributed by atoms with Crippen LogP contribution in [0.1, 0.15) is 13.8 Å².